The van der Waals surface area contributed by atoms with E-state index < -0.39 is 0 Å². The molecule has 3 heterocycles. The quantitative estimate of drug-likeness (QED) is 0.517. The summed E-state index contributed by atoms with van der Waals surface area (Å²) in [5, 5.41) is 0. The summed E-state index contributed by atoms with van der Waals surface area (Å²) in [4.78, 5) is 4.05. The van der Waals surface area contributed by atoms with Crippen LogP contribution in [-0.4, -0.2) is 15.7 Å². The maximum Gasteiger partial charge on any atom is 0.166 e. The second kappa shape index (κ2) is 1.56. The molecular formula is C8H8N2O. The molecule has 2 atom stereocenters. The molecule has 1 saturated heterocycles. The van der Waals surface area contributed by atoms with Gasteiger partial charge in [-0.2, -0.15) is 0 Å². The van der Waals surface area contributed by atoms with Crippen molar-refractivity contribution in [3.05, 3.63) is 23.8 Å². The van der Waals surface area contributed by atoms with Crippen LogP contribution < -0.4 is 0 Å². The van der Waals surface area contributed by atoms with E-state index in [9.17, 15) is 0 Å². The lowest BCUT2D eigenvalue weighted by Gasteiger charge is -2.06. The van der Waals surface area contributed by atoms with Crippen molar-refractivity contribution < 1.29 is 4.74 Å². The van der Waals surface area contributed by atoms with Crippen molar-refractivity contribution in [2.75, 3.05) is 0 Å². The molecule has 0 bridgehead atoms. The standard InChI is InChI=1S/C8H8N2O/c1-5-2-6-3-9-4-10(6)8-7(5)11-8/h2-4,7-8H,1H3. The van der Waals surface area contributed by atoms with Crippen molar-refractivity contribution in [2.45, 2.75) is 19.3 Å². The van der Waals surface area contributed by atoms with Gasteiger partial charge in [-0.1, -0.05) is 0 Å². The molecule has 0 N–H and O–H groups in total. The monoisotopic (exact) mass is 148 g/mol. The SMILES string of the molecule is CC1=Cc2cncn2C2OC12. The third-order valence-corrected chi connectivity index (χ3v) is 2.26. The Morgan fingerprint density at radius 1 is 1.64 bits per heavy atom. The Labute approximate surface area is 64.3 Å². The Morgan fingerprint density at radius 2 is 2.55 bits per heavy atom. The van der Waals surface area contributed by atoms with Crippen molar-refractivity contribution in [1.82, 2.24) is 9.55 Å². The second-order valence-electron chi connectivity index (χ2n) is 3.06. The van der Waals surface area contributed by atoms with Gasteiger partial charge in [0.25, 0.3) is 0 Å². The van der Waals surface area contributed by atoms with Gasteiger partial charge in [-0.15, -0.1) is 0 Å². The van der Waals surface area contributed by atoms with Gasteiger partial charge in [-0.3, -0.25) is 0 Å². The van der Waals surface area contributed by atoms with Gasteiger partial charge in [-0.25, -0.2) is 4.98 Å². The molecule has 1 fully saturated rings. The molecule has 2 aliphatic heterocycles. The number of nitrogens with zero attached hydrogens (tertiary/aromatic N) is 2. The van der Waals surface area contributed by atoms with E-state index in [2.05, 4.69) is 22.6 Å². The largest absolute Gasteiger partial charge is 0.342 e. The van der Waals surface area contributed by atoms with Crippen LogP contribution in [0.4, 0.5) is 0 Å². The molecule has 11 heavy (non-hydrogen) atoms. The van der Waals surface area contributed by atoms with Crippen molar-refractivity contribution in [3.63, 3.8) is 0 Å². The maximum absolute atomic E-state index is 5.43. The summed E-state index contributed by atoms with van der Waals surface area (Å²) in [6.45, 7) is 2.10. The number of imidazole rings is 1. The molecule has 3 rings (SSSR count). The fraction of sp³-hybridized carbons (Fsp3) is 0.375. The predicted molar refractivity (Wildman–Crippen MR) is 39.8 cm³/mol. The van der Waals surface area contributed by atoms with E-state index in [0.717, 1.165) is 5.69 Å². The highest BCUT2D eigenvalue weighted by Gasteiger charge is 2.44. The van der Waals surface area contributed by atoms with Gasteiger partial charge in [0.15, 0.2) is 6.23 Å². The van der Waals surface area contributed by atoms with Crippen LogP contribution in [-0.2, 0) is 4.74 Å². The number of aromatic nitrogens is 2. The molecule has 0 amide bonds. The van der Waals surface area contributed by atoms with Gasteiger partial charge in [0.1, 0.15) is 6.10 Å². The van der Waals surface area contributed by atoms with Gasteiger partial charge in [0.2, 0.25) is 0 Å². The van der Waals surface area contributed by atoms with Gasteiger partial charge in [0, 0.05) is 0 Å². The minimum Gasteiger partial charge on any atom is -0.342 e. The number of ether oxygens (including phenoxy) is 1. The predicted octanol–water partition coefficient (Wildman–Crippen LogP) is 1.20. The number of hydrogen-bond acceptors (Lipinski definition) is 2. The molecule has 3 heteroatoms. The number of epoxide rings is 1. The van der Waals surface area contributed by atoms with E-state index in [1.54, 1.807) is 0 Å². The van der Waals surface area contributed by atoms with Crippen molar-refractivity contribution >= 4 is 6.08 Å². The van der Waals surface area contributed by atoms with Gasteiger partial charge >= 0.3 is 0 Å². The van der Waals surface area contributed by atoms with Crippen LogP contribution in [0, 0.1) is 0 Å². The normalized spacial score (nSPS) is 32.3. The smallest absolute Gasteiger partial charge is 0.166 e. The Hall–Kier alpha value is -1.09. The van der Waals surface area contributed by atoms with E-state index in [1.165, 1.54) is 5.57 Å². The summed E-state index contributed by atoms with van der Waals surface area (Å²) >= 11 is 0. The summed E-state index contributed by atoms with van der Waals surface area (Å²) in [5.41, 5.74) is 2.46. The molecule has 56 valence electrons. The highest BCUT2D eigenvalue weighted by Crippen LogP contribution is 2.43. The fourth-order valence-corrected chi connectivity index (χ4v) is 1.60. The molecule has 1 aromatic heterocycles. The van der Waals surface area contributed by atoms with Gasteiger partial charge in [-0.05, 0) is 18.6 Å². The number of fused-ring (bicyclic) bond motifs is 3. The van der Waals surface area contributed by atoms with Crippen molar-refractivity contribution in [1.29, 1.82) is 0 Å². The fourth-order valence-electron chi connectivity index (χ4n) is 1.60. The Bertz CT molecular complexity index is 340. The molecule has 2 unspecified atom stereocenters. The number of hydrogen-bond donors (Lipinski definition) is 0. The van der Waals surface area contributed by atoms with E-state index in [4.69, 9.17) is 4.74 Å². The molecule has 0 spiro atoms. The van der Waals surface area contributed by atoms with Crippen LogP contribution in [0.5, 0.6) is 0 Å². The van der Waals surface area contributed by atoms with Crippen molar-refractivity contribution in [2.24, 2.45) is 0 Å². The van der Waals surface area contributed by atoms with Crippen LogP contribution in [0.15, 0.2) is 18.1 Å². The molecule has 3 nitrogen and oxygen atoms in total. The van der Waals surface area contributed by atoms with Crippen LogP contribution in [0.25, 0.3) is 6.08 Å². The first-order chi connectivity index (χ1) is 5.36. The first-order valence-corrected chi connectivity index (χ1v) is 3.72. The summed E-state index contributed by atoms with van der Waals surface area (Å²) in [6, 6.07) is 0. The summed E-state index contributed by atoms with van der Waals surface area (Å²) in [7, 11) is 0. The van der Waals surface area contributed by atoms with Crippen LogP contribution in [0.3, 0.4) is 0 Å². The summed E-state index contributed by atoms with van der Waals surface area (Å²) in [6.07, 6.45) is 6.39. The van der Waals surface area contributed by atoms with E-state index in [-0.39, 0.29) is 6.23 Å². The molecule has 0 aromatic carbocycles. The molecule has 0 aliphatic carbocycles. The van der Waals surface area contributed by atoms with E-state index >= 15 is 0 Å². The first-order valence-electron chi connectivity index (χ1n) is 3.72. The van der Waals surface area contributed by atoms with Gasteiger partial charge < -0.3 is 9.30 Å². The lowest BCUT2D eigenvalue weighted by atomic mass is 10.1. The zero-order chi connectivity index (χ0) is 7.42. The first kappa shape index (κ1) is 5.55. The average molecular weight is 148 g/mol. The molecular weight excluding hydrogens is 140 g/mol. The molecule has 0 saturated carbocycles. The zero-order valence-corrected chi connectivity index (χ0v) is 6.19. The van der Waals surface area contributed by atoms with E-state index in [1.807, 2.05) is 12.5 Å². The highest BCUT2D eigenvalue weighted by atomic mass is 16.6. The lowest BCUT2D eigenvalue weighted by molar-refractivity contribution is 0.342. The Kier molecular flexibility index (Phi) is 0.786. The van der Waals surface area contributed by atoms with Crippen molar-refractivity contribution in [3.8, 4) is 0 Å². The third kappa shape index (κ3) is 0.587. The third-order valence-electron chi connectivity index (χ3n) is 2.26. The van der Waals surface area contributed by atoms with Crippen LogP contribution in [0.2, 0.25) is 0 Å². The van der Waals surface area contributed by atoms with E-state index in [0.29, 0.717) is 6.10 Å². The highest BCUT2D eigenvalue weighted by molar-refractivity contribution is 5.53. The summed E-state index contributed by atoms with van der Waals surface area (Å²) < 4.78 is 7.50. The maximum atomic E-state index is 5.43. The topological polar surface area (TPSA) is 30.4 Å². The Morgan fingerprint density at radius 3 is 3.45 bits per heavy atom. The summed E-state index contributed by atoms with van der Waals surface area (Å²) in [5.74, 6) is 0. The molecule has 0 radical (unpaired) electrons. The minimum atomic E-state index is 0.248. The second-order valence-corrected chi connectivity index (χ2v) is 3.06. The molecule has 2 aliphatic rings. The average Bonchev–Trinajstić information content (AvgIpc) is 2.67. The van der Waals surface area contributed by atoms with Crippen LogP contribution in [0.1, 0.15) is 18.8 Å². The Balaban J connectivity index is 2.24. The minimum absolute atomic E-state index is 0.248. The molecule has 1 aromatic rings. The van der Waals surface area contributed by atoms with Crippen LogP contribution >= 0.6 is 0 Å². The zero-order valence-electron chi connectivity index (χ0n) is 6.19. The number of rotatable bonds is 0. The van der Waals surface area contributed by atoms with Gasteiger partial charge in [0.05, 0.1) is 18.2 Å². The lowest BCUT2D eigenvalue weighted by Crippen LogP contribution is -2.05.